The molecule has 1 aliphatic rings. The number of ether oxygens (including phenoxy) is 1. The van der Waals surface area contributed by atoms with E-state index in [9.17, 15) is 9.59 Å². The minimum Gasteiger partial charge on any atom is -0.487 e. The molecule has 2 aromatic carbocycles. The van der Waals surface area contributed by atoms with Crippen molar-refractivity contribution in [2.75, 3.05) is 14.1 Å². The zero-order valence-corrected chi connectivity index (χ0v) is 20.7. The summed E-state index contributed by atoms with van der Waals surface area (Å²) < 4.78 is 7.50. The summed E-state index contributed by atoms with van der Waals surface area (Å²) in [4.78, 5) is 27.6. The highest BCUT2D eigenvalue weighted by atomic mass is 127. The highest BCUT2D eigenvalue weighted by Crippen LogP contribution is 2.34. The Morgan fingerprint density at radius 1 is 1.14 bits per heavy atom. The molecule has 150 valence electrons. The van der Waals surface area contributed by atoms with Gasteiger partial charge in [0, 0.05) is 19.1 Å². The van der Waals surface area contributed by atoms with Gasteiger partial charge in [-0.05, 0) is 92.2 Å². The molecule has 5 nitrogen and oxygen atoms in total. The average Bonchev–Trinajstić information content (AvgIpc) is 2.69. The lowest BCUT2D eigenvalue weighted by Gasteiger charge is -2.31. The van der Waals surface area contributed by atoms with Crippen molar-refractivity contribution in [2.45, 2.75) is 6.61 Å². The Morgan fingerprint density at radius 3 is 2.28 bits per heavy atom. The molecule has 1 heterocycles. The smallest absolute Gasteiger partial charge is 0.265 e. The fraction of sp³-hybridized carbons (Fsp3) is 0.150. The molecule has 0 atom stereocenters. The molecule has 3 rings (SSSR count). The van der Waals surface area contributed by atoms with E-state index in [0.717, 1.165) is 13.6 Å². The Morgan fingerprint density at radius 2 is 1.72 bits per heavy atom. The molecule has 0 radical (unpaired) electrons. The van der Waals surface area contributed by atoms with E-state index in [1.165, 1.54) is 9.80 Å². The number of thiocarbonyl (C=S) groups is 1. The monoisotopic (exact) mass is 604 g/mol. The first kappa shape index (κ1) is 22.2. The maximum Gasteiger partial charge on any atom is 0.265 e. The van der Waals surface area contributed by atoms with Crippen LogP contribution in [0.1, 0.15) is 11.1 Å². The molecule has 0 unspecified atom stereocenters. The standard InChI is InChI=1S/C20H15BrClIN2O3S/c1-24-18(26)14(19(27)25(2)20(24)29)7-12-8-15(21)17(16(23)9-12)28-10-11-3-5-13(22)6-4-11/h3-9H,10H2,1-2H3. The van der Waals surface area contributed by atoms with E-state index in [2.05, 4.69) is 38.5 Å². The molecule has 0 spiro atoms. The second-order valence-corrected chi connectivity index (χ2v) is 9.12. The summed E-state index contributed by atoms with van der Waals surface area (Å²) in [7, 11) is 3.10. The second kappa shape index (κ2) is 9.11. The summed E-state index contributed by atoms with van der Waals surface area (Å²) >= 11 is 16.7. The first-order chi connectivity index (χ1) is 13.7. The minimum atomic E-state index is -0.424. The van der Waals surface area contributed by atoms with Crippen molar-refractivity contribution in [1.82, 2.24) is 9.80 Å². The number of benzene rings is 2. The first-order valence-corrected chi connectivity index (χ1v) is 11.0. The summed E-state index contributed by atoms with van der Waals surface area (Å²) in [6.07, 6.45) is 1.56. The quantitative estimate of drug-likeness (QED) is 0.216. The first-order valence-electron chi connectivity index (χ1n) is 8.37. The summed E-state index contributed by atoms with van der Waals surface area (Å²) in [6, 6.07) is 11.1. The van der Waals surface area contributed by atoms with Crippen molar-refractivity contribution in [3.05, 3.63) is 66.2 Å². The number of hydrogen-bond acceptors (Lipinski definition) is 4. The van der Waals surface area contributed by atoms with Gasteiger partial charge in [-0.3, -0.25) is 19.4 Å². The highest BCUT2D eigenvalue weighted by molar-refractivity contribution is 14.1. The third-order valence-electron chi connectivity index (χ3n) is 4.27. The Balaban J connectivity index is 1.86. The Hall–Kier alpha value is -1.49. The fourth-order valence-corrected chi connectivity index (χ4v) is 4.74. The molecule has 0 aliphatic carbocycles. The maximum absolute atomic E-state index is 12.5. The van der Waals surface area contributed by atoms with Gasteiger partial charge in [0.15, 0.2) is 5.11 Å². The number of carbonyl (C=O) groups is 2. The van der Waals surface area contributed by atoms with Crippen LogP contribution in [0.4, 0.5) is 0 Å². The number of likely N-dealkylation sites (N-methyl/N-ethyl adjacent to an activating group) is 2. The van der Waals surface area contributed by atoms with Crippen molar-refractivity contribution in [1.29, 1.82) is 0 Å². The van der Waals surface area contributed by atoms with Crippen LogP contribution >= 0.6 is 62.3 Å². The van der Waals surface area contributed by atoms with Gasteiger partial charge in [0.1, 0.15) is 17.9 Å². The number of halogens is 3. The molecule has 0 N–H and O–H groups in total. The molecular weight excluding hydrogens is 591 g/mol. The lowest BCUT2D eigenvalue weighted by Crippen LogP contribution is -2.52. The molecule has 1 fully saturated rings. The van der Waals surface area contributed by atoms with Gasteiger partial charge in [-0.25, -0.2) is 0 Å². The van der Waals surface area contributed by atoms with Crippen LogP contribution in [0.25, 0.3) is 6.08 Å². The number of hydrogen-bond donors (Lipinski definition) is 0. The van der Waals surface area contributed by atoms with E-state index in [-0.39, 0.29) is 10.7 Å². The predicted molar refractivity (Wildman–Crippen MR) is 129 cm³/mol. The molecular formula is C20H15BrClIN2O3S. The predicted octanol–water partition coefficient (Wildman–Crippen LogP) is 4.88. The SMILES string of the molecule is CN1C(=O)C(=Cc2cc(Br)c(OCc3ccc(Cl)cc3)c(I)c2)C(=O)N(C)C1=S. The Kier molecular flexibility index (Phi) is 6.98. The van der Waals surface area contributed by atoms with Gasteiger partial charge in [-0.15, -0.1) is 0 Å². The van der Waals surface area contributed by atoms with Crippen molar-refractivity contribution in [3.8, 4) is 5.75 Å². The fourth-order valence-electron chi connectivity index (χ4n) is 2.68. The van der Waals surface area contributed by atoms with Gasteiger partial charge in [0.05, 0.1) is 8.04 Å². The molecule has 9 heteroatoms. The van der Waals surface area contributed by atoms with Crippen LogP contribution < -0.4 is 4.74 Å². The van der Waals surface area contributed by atoms with E-state index >= 15 is 0 Å². The van der Waals surface area contributed by atoms with E-state index in [0.29, 0.717) is 22.9 Å². The van der Waals surface area contributed by atoms with Crippen LogP contribution in [0.15, 0.2) is 46.4 Å². The largest absolute Gasteiger partial charge is 0.487 e. The van der Waals surface area contributed by atoms with E-state index in [1.807, 2.05) is 30.3 Å². The lowest BCUT2D eigenvalue weighted by atomic mass is 10.1. The third kappa shape index (κ3) is 4.82. The summed E-state index contributed by atoms with van der Waals surface area (Å²) in [5.74, 6) is -0.168. The molecule has 1 aliphatic heterocycles. The summed E-state index contributed by atoms with van der Waals surface area (Å²) in [6.45, 7) is 0.385. The highest BCUT2D eigenvalue weighted by Gasteiger charge is 2.35. The van der Waals surface area contributed by atoms with Crippen molar-refractivity contribution < 1.29 is 14.3 Å². The van der Waals surface area contributed by atoms with Gasteiger partial charge in [-0.2, -0.15) is 0 Å². The van der Waals surface area contributed by atoms with E-state index < -0.39 is 11.8 Å². The molecule has 2 amide bonds. The van der Waals surface area contributed by atoms with Crippen molar-refractivity contribution in [3.63, 3.8) is 0 Å². The van der Waals surface area contributed by atoms with Crippen LogP contribution in [0.3, 0.4) is 0 Å². The van der Waals surface area contributed by atoms with Crippen LogP contribution in [0.2, 0.25) is 5.02 Å². The van der Waals surface area contributed by atoms with Crippen LogP contribution in [0, 0.1) is 3.57 Å². The van der Waals surface area contributed by atoms with Gasteiger partial charge < -0.3 is 4.74 Å². The molecule has 2 aromatic rings. The second-order valence-electron chi connectivity index (χ2n) is 6.30. The van der Waals surface area contributed by atoms with E-state index in [4.69, 9.17) is 28.6 Å². The third-order valence-corrected chi connectivity index (χ3v) is 6.46. The molecule has 0 aromatic heterocycles. The van der Waals surface area contributed by atoms with Crippen molar-refractivity contribution >= 4 is 85.3 Å². The van der Waals surface area contributed by atoms with Gasteiger partial charge in [0.25, 0.3) is 11.8 Å². The van der Waals surface area contributed by atoms with Gasteiger partial charge >= 0.3 is 0 Å². The zero-order valence-electron chi connectivity index (χ0n) is 15.4. The van der Waals surface area contributed by atoms with Crippen LogP contribution in [-0.2, 0) is 16.2 Å². The number of nitrogens with zero attached hydrogens (tertiary/aromatic N) is 2. The number of amides is 2. The minimum absolute atomic E-state index is 0.0566. The maximum atomic E-state index is 12.5. The molecule has 0 saturated carbocycles. The number of rotatable bonds is 4. The Labute approximate surface area is 200 Å². The van der Waals surface area contributed by atoms with Crippen LogP contribution in [0.5, 0.6) is 5.75 Å². The summed E-state index contributed by atoms with van der Waals surface area (Å²) in [5.41, 5.74) is 1.75. The van der Waals surface area contributed by atoms with E-state index in [1.54, 1.807) is 26.2 Å². The molecule has 0 bridgehead atoms. The molecule has 29 heavy (non-hydrogen) atoms. The average molecular weight is 606 g/mol. The number of carbonyl (C=O) groups excluding carboxylic acids is 2. The topological polar surface area (TPSA) is 49.9 Å². The summed E-state index contributed by atoms with van der Waals surface area (Å²) in [5, 5.41) is 0.851. The molecule has 1 saturated heterocycles. The van der Waals surface area contributed by atoms with Gasteiger partial charge in [0.2, 0.25) is 0 Å². The normalized spacial score (nSPS) is 14.5. The zero-order chi connectivity index (χ0) is 21.3. The van der Waals surface area contributed by atoms with Gasteiger partial charge in [-0.1, -0.05) is 23.7 Å². The lowest BCUT2D eigenvalue weighted by molar-refractivity contribution is -0.132. The van der Waals surface area contributed by atoms with Crippen LogP contribution in [-0.4, -0.2) is 40.8 Å². The Bertz CT molecular complexity index is 994. The van der Waals surface area contributed by atoms with Crippen molar-refractivity contribution in [2.24, 2.45) is 0 Å².